The molecule has 0 bridgehead atoms. The van der Waals surface area contributed by atoms with Crippen LogP contribution in [0.3, 0.4) is 0 Å². The summed E-state index contributed by atoms with van der Waals surface area (Å²) in [6.45, 7) is 4.32. The highest BCUT2D eigenvalue weighted by Gasteiger charge is 2.23. The number of ether oxygens (including phenoxy) is 2. The van der Waals surface area contributed by atoms with Gasteiger partial charge in [0.15, 0.2) is 5.78 Å². The minimum Gasteiger partial charge on any atom is -0.496 e. The van der Waals surface area contributed by atoms with E-state index in [0.29, 0.717) is 29.9 Å². The number of benzene rings is 1. The lowest BCUT2D eigenvalue weighted by atomic mass is 9.99. The van der Waals surface area contributed by atoms with Crippen LogP contribution in [0.4, 0.5) is 5.69 Å². The van der Waals surface area contributed by atoms with E-state index in [0.717, 1.165) is 19.5 Å². The lowest BCUT2D eigenvalue weighted by molar-refractivity contribution is -0.385. The zero-order valence-electron chi connectivity index (χ0n) is 14.2. The standard InChI is InChI=1S/C17H22N2O5/c1-4-6-18-7-5-15(20)13(11-18)8-12-9-14(19(21)22)17(24-3)10-16(12)23-2/h8-10H,4-7,11H2,1-3H3/b13-8+. The molecule has 7 heteroatoms. The van der Waals surface area contributed by atoms with Crippen molar-refractivity contribution in [2.24, 2.45) is 0 Å². The number of nitro groups is 1. The third kappa shape index (κ3) is 3.91. The molecule has 0 spiro atoms. The molecule has 24 heavy (non-hydrogen) atoms. The highest BCUT2D eigenvalue weighted by molar-refractivity contribution is 6.01. The monoisotopic (exact) mass is 334 g/mol. The Bertz CT molecular complexity index is 669. The summed E-state index contributed by atoms with van der Waals surface area (Å²) in [5.74, 6) is 0.634. The molecule has 0 aliphatic carbocycles. The number of piperidine rings is 1. The molecule has 0 N–H and O–H groups in total. The second kappa shape index (κ2) is 7.92. The molecule has 0 radical (unpaired) electrons. The van der Waals surface area contributed by atoms with Crippen molar-refractivity contribution in [3.63, 3.8) is 0 Å². The highest BCUT2D eigenvalue weighted by Crippen LogP contribution is 2.35. The molecule has 1 aromatic carbocycles. The van der Waals surface area contributed by atoms with Crippen molar-refractivity contribution in [1.82, 2.24) is 4.90 Å². The molecule has 1 aliphatic rings. The van der Waals surface area contributed by atoms with E-state index in [4.69, 9.17) is 9.47 Å². The van der Waals surface area contributed by atoms with E-state index in [-0.39, 0.29) is 17.2 Å². The molecule has 1 heterocycles. The average Bonchev–Trinajstić information content (AvgIpc) is 2.57. The van der Waals surface area contributed by atoms with Crippen LogP contribution in [0.2, 0.25) is 0 Å². The molecular weight excluding hydrogens is 312 g/mol. The van der Waals surface area contributed by atoms with Crippen molar-refractivity contribution < 1.29 is 19.2 Å². The smallest absolute Gasteiger partial charge is 0.311 e. The lowest BCUT2D eigenvalue weighted by Crippen LogP contribution is -2.36. The quantitative estimate of drug-likeness (QED) is 0.452. The Balaban J connectivity index is 2.44. The number of ketones is 1. The second-order valence-corrected chi connectivity index (χ2v) is 5.64. The lowest BCUT2D eigenvalue weighted by Gasteiger charge is -2.27. The van der Waals surface area contributed by atoms with Crippen molar-refractivity contribution in [2.75, 3.05) is 33.9 Å². The summed E-state index contributed by atoms with van der Waals surface area (Å²) in [6.07, 6.45) is 3.17. The largest absolute Gasteiger partial charge is 0.496 e. The van der Waals surface area contributed by atoms with Gasteiger partial charge in [-0.2, -0.15) is 0 Å². The number of nitrogens with zero attached hydrogens (tertiary/aromatic N) is 2. The number of Topliss-reactive ketones (excluding diaryl/α,β-unsaturated/α-hetero) is 1. The number of hydrogen-bond donors (Lipinski definition) is 0. The number of methoxy groups -OCH3 is 2. The van der Waals surface area contributed by atoms with Crippen molar-refractivity contribution >= 4 is 17.5 Å². The van der Waals surface area contributed by atoms with Crippen LogP contribution in [-0.2, 0) is 4.79 Å². The summed E-state index contributed by atoms with van der Waals surface area (Å²) in [5.41, 5.74) is 0.998. The number of hydrogen-bond acceptors (Lipinski definition) is 6. The predicted octanol–water partition coefficient (Wildman–Crippen LogP) is 2.68. The Morgan fingerprint density at radius 1 is 1.29 bits per heavy atom. The number of carbonyl (C=O) groups excluding carboxylic acids is 1. The van der Waals surface area contributed by atoms with E-state index in [1.807, 2.05) is 0 Å². The molecule has 1 aliphatic heterocycles. The zero-order valence-corrected chi connectivity index (χ0v) is 14.2. The molecular formula is C17H22N2O5. The molecule has 1 fully saturated rings. The van der Waals surface area contributed by atoms with Crippen LogP contribution < -0.4 is 9.47 Å². The van der Waals surface area contributed by atoms with Crippen LogP contribution in [0, 0.1) is 10.1 Å². The summed E-state index contributed by atoms with van der Waals surface area (Å²) in [5, 5.41) is 11.2. The predicted molar refractivity (Wildman–Crippen MR) is 90.5 cm³/mol. The molecule has 0 amide bonds. The van der Waals surface area contributed by atoms with Gasteiger partial charge >= 0.3 is 5.69 Å². The van der Waals surface area contributed by atoms with Gasteiger partial charge in [-0.25, -0.2) is 0 Å². The van der Waals surface area contributed by atoms with Crippen molar-refractivity contribution in [3.05, 3.63) is 33.4 Å². The minimum atomic E-state index is -0.508. The Morgan fingerprint density at radius 2 is 2.00 bits per heavy atom. The fourth-order valence-corrected chi connectivity index (χ4v) is 2.81. The Hall–Kier alpha value is -2.41. The van der Waals surface area contributed by atoms with E-state index in [1.54, 1.807) is 6.08 Å². The van der Waals surface area contributed by atoms with Crippen LogP contribution >= 0.6 is 0 Å². The Labute approximate surface area is 141 Å². The molecule has 0 unspecified atom stereocenters. The van der Waals surface area contributed by atoms with Gasteiger partial charge in [0.05, 0.1) is 19.1 Å². The number of likely N-dealkylation sites (tertiary alicyclic amines) is 1. The van der Waals surface area contributed by atoms with Gasteiger partial charge in [0, 0.05) is 42.8 Å². The summed E-state index contributed by atoms with van der Waals surface area (Å²) in [6, 6.07) is 2.86. The van der Waals surface area contributed by atoms with Crippen LogP contribution in [0.15, 0.2) is 17.7 Å². The fraction of sp³-hybridized carbons (Fsp3) is 0.471. The molecule has 130 valence electrons. The first kappa shape index (κ1) is 17.9. The summed E-state index contributed by atoms with van der Waals surface area (Å²) in [4.78, 5) is 25.1. The third-order valence-corrected chi connectivity index (χ3v) is 4.00. The Morgan fingerprint density at radius 3 is 2.58 bits per heavy atom. The van der Waals surface area contributed by atoms with Crippen LogP contribution in [0.25, 0.3) is 6.08 Å². The van der Waals surface area contributed by atoms with Crippen molar-refractivity contribution in [3.8, 4) is 11.5 Å². The van der Waals surface area contributed by atoms with Crippen molar-refractivity contribution in [2.45, 2.75) is 19.8 Å². The maximum atomic E-state index is 12.2. The van der Waals surface area contributed by atoms with Crippen molar-refractivity contribution in [1.29, 1.82) is 0 Å². The van der Waals surface area contributed by atoms with E-state index >= 15 is 0 Å². The van der Waals surface area contributed by atoms with Gasteiger partial charge in [-0.3, -0.25) is 19.8 Å². The van der Waals surface area contributed by atoms with Gasteiger partial charge in [-0.15, -0.1) is 0 Å². The van der Waals surface area contributed by atoms with E-state index in [1.165, 1.54) is 26.4 Å². The van der Waals surface area contributed by atoms with Gasteiger partial charge in [0.2, 0.25) is 5.75 Å². The van der Waals surface area contributed by atoms with E-state index in [2.05, 4.69) is 11.8 Å². The van der Waals surface area contributed by atoms with Crippen LogP contribution in [-0.4, -0.2) is 49.5 Å². The molecule has 7 nitrogen and oxygen atoms in total. The van der Waals surface area contributed by atoms with E-state index in [9.17, 15) is 14.9 Å². The molecule has 0 saturated carbocycles. The SMILES string of the molecule is CCCN1CCC(=O)/C(=C/c2cc([N+](=O)[O-])c(OC)cc2OC)C1. The molecule has 2 rings (SSSR count). The molecule has 1 saturated heterocycles. The first-order chi connectivity index (χ1) is 11.5. The number of carbonyl (C=O) groups is 1. The highest BCUT2D eigenvalue weighted by atomic mass is 16.6. The maximum Gasteiger partial charge on any atom is 0.311 e. The van der Waals surface area contributed by atoms with Gasteiger partial charge < -0.3 is 9.47 Å². The van der Waals surface area contributed by atoms with E-state index < -0.39 is 4.92 Å². The molecule has 0 aromatic heterocycles. The number of rotatable bonds is 6. The summed E-state index contributed by atoms with van der Waals surface area (Å²) >= 11 is 0. The minimum absolute atomic E-state index is 0.0721. The first-order valence-corrected chi connectivity index (χ1v) is 7.86. The fourth-order valence-electron chi connectivity index (χ4n) is 2.81. The third-order valence-electron chi connectivity index (χ3n) is 4.00. The van der Waals surface area contributed by atoms with Gasteiger partial charge in [0.25, 0.3) is 0 Å². The van der Waals surface area contributed by atoms with Crippen LogP contribution in [0.1, 0.15) is 25.3 Å². The molecule has 1 aromatic rings. The summed E-state index contributed by atoms with van der Waals surface area (Å²) in [7, 11) is 2.85. The van der Waals surface area contributed by atoms with Crippen LogP contribution in [0.5, 0.6) is 11.5 Å². The first-order valence-electron chi connectivity index (χ1n) is 7.86. The normalized spacial score (nSPS) is 17.1. The maximum absolute atomic E-state index is 12.2. The Kier molecular flexibility index (Phi) is 5.92. The second-order valence-electron chi connectivity index (χ2n) is 5.64. The topological polar surface area (TPSA) is 81.9 Å². The zero-order chi connectivity index (χ0) is 17.7. The summed E-state index contributed by atoms with van der Waals surface area (Å²) < 4.78 is 10.3. The number of nitro benzene ring substituents is 1. The molecule has 0 atom stereocenters. The van der Waals surface area contributed by atoms with Gasteiger partial charge in [0.1, 0.15) is 5.75 Å². The van der Waals surface area contributed by atoms with Gasteiger partial charge in [-0.1, -0.05) is 6.92 Å². The average molecular weight is 334 g/mol. The van der Waals surface area contributed by atoms with Gasteiger partial charge in [-0.05, 0) is 19.0 Å².